The Kier molecular flexibility index (Phi) is 2.12. The lowest BCUT2D eigenvalue weighted by Crippen LogP contribution is -2.33. The van der Waals surface area contributed by atoms with E-state index in [9.17, 15) is 4.79 Å². The van der Waals surface area contributed by atoms with E-state index >= 15 is 0 Å². The van der Waals surface area contributed by atoms with Crippen LogP contribution in [0.4, 0.5) is 4.79 Å². The topological polar surface area (TPSA) is 64.3 Å². The van der Waals surface area contributed by atoms with Gasteiger partial charge in [-0.3, -0.25) is 0 Å². The van der Waals surface area contributed by atoms with Crippen molar-refractivity contribution in [3.63, 3.8) is 0 Å². The molecule has 0 fully saturated rings. The van der Waals surface area contributed by atoms with Crippen LogP contribution >= 0.6 is 0 Å². The molecule has 0 aromatic heterocycles. The molecular weight excluding hydrogens is 144 g/mol. The summed E-state index contributed by atoms with van der Waals surface area (Å²) in [5.41, 5.74) is 0.683. The van der Waals surface area contributed by atoms with E-state index in [4.69, 9.17) is 10.4 Å². The Morgan fingerprint density at radius 3 is 2.91 bits per heavy atom. The first kappa shape index (κ1) is 7.61. The van der Waals surface area contributed by atoms with Crippen molar-refractivity contribution >= 4 is 6.09 Å². The molecule has 0 aliphatic carbocycles. The molecule has 58 valence electrons. The molecule has 1 rings (SSSR count). The summed E-state index contributed by atoms with van der Waals surface area (Å²) in [6.45, 7) is 0.785. The first-order chi connectivity index (χ1) is 5.24. The zero-order valence-corrected chi connectivity index (χ0v) is 5.95. The molecule has 0 radical (unpaired) electrons. The monoisotopic (exact) mass is 152 g/mol. The summed E-state index contributed by atoms with van der Waals surface area (Å²) in [5, 5.41) is 16.9. The smallest absolute Gasteiger partial charge is 0.407 e. The lowest BCUT2D eigenvalue weighted by Gasteiger charge is -2.20. The van der Waals surface area contributed by atoms with E-state index in [1.807, 2.05) is 6.07 Å². The van der Waals surface area contributed by atoms with Gasteiger partial charge in [0.1, 0.15) is 0 Å². The number of hydrogen-bond acceptors (Lipinski definition) is 2. The van der Waals surface area contributed by atoms with Gasteiger partial charge in [-0.15, -0.1) is 0 Å². The van der Waals surface area contributed by atoms with E-state index in [1.165, 1.54) is 4.90 Å². The van der Waals surface area contributed by atoms with Crippen LogP contribution in [0.1, 0.15) is 6.42 Å². The Balaban J connectivity index is 2.56. The molecule has 4 nitrogen and oxygen atoms in total. The van der Waals surface area contributed by atoms with Crippen molar-refractivity contribution < 1.29 is 9.90 Å². The number of nitriles is 1. The van der Waals surface area contributed by atoms with Crippen LogP contribution in [0.2, 0.25) is 0 Å². The molecule has 0 aromatic rings. The fourth-order valence-corrected chi connectivity index (χ4v) is 0.944. The number of rotatable bonds is 0. The minimum absolute atomic E-state index is 0.345. The SMILES string of the molecule is N#CC1=CCN(C(=O)O)CC1. The third-order valence-corrected chi connectivity index (χ3v) is 1.62. The van der Waals surface area contributed by atoms with E-state index in [0.29, 0.717) is 25.1 Å². The van der Waals surface area contributed by atoms with Crippen molar-refractivity contribution in [2.75, 3.05) is 13.1 Å². The summed E-state index contributed by atoms with van der Waals surface area (Å²) in [6, 6.07) is 2.00. The lowest BCUT2D eigenvalue weighted by atomic mass is 10.1. The molecule has 1 N–H and O–H groups in total. The molecule has 0 spiro atoms. The van der Waals surface area contributed by atoms with Gasteiger partial charge >= 0.3 is 6.09 Å². The van der Waals surface area contributed by atoms with Crippen molar-refractivity contribution in [1.82, 2.24) is 4.90 Å². The number of nitrogens with zero attached hydrogens (tertiary/aromatic N) is 2. The van der Waals surface area contributed by atoms with Crippen molar-refractivity contribution in [2.45, 2.75) is 6.42 Å². The maximum Gasteiger partial charge on any atom is 0.407 e. The third-order valence-electron chi connectivity index (χ3n) is 1.62. The average molecular weight is 152 g/mol. The molecule has 1 heterocycles. The molecule has 11 heavy (non-hydrogen) atoms. The standard InChI is InChI=1S/C7H8N2O2/c8-5-6-1-3-9(4-2-6)7(10)11/h1H,2-4H2,(H,10,11). The second-order valence-electron chi connectivity index (χ2n) is 2.32. The lowest BCUT2D eigenvalue weighted by molar-refractivity contribution is 0.149. The Hall–Kier alpha value is -1.50. The van der Waals surface area contributed by atoms with Gasteiger partial charge in [-0.25, -0.2) is 4.79 Å². The number of carboxylic acid groups (broad SMARTS) is 1. The summed E-state index contributed by atoms with van der Waals surface area (Å²) in [7, 11) is 0. The van der Waals surface area contributed by atoms with E-state index in [0.717, 1.165) is 0 Å². The van der Waals surface area contributed by atoms with Crippen molar-refractivity contribution in [1.29, 1.82) is 5.26 Å². The van der Waals surface area contributed by atoms with Gasteiger partial charge < -0.3 is 10.0 Å². The minimum atomic E-state index is -0.918. The third kappa shape index (κ3) is 1.71. The van der Waals surface area contributed by atoms with Gasteiger partial charge in [0.2, 0.25) is 0 Å². The highest BCUT2D eigenvalue weighted by Gasteiger charge is 2.14. The summed E-state index contributed by atoms with van der Waals surface area (Å²) >= 11 is 0. The highest BCUT2D eigenvalue weighted by atomic mass is 16.4. The highest BCUT2D eigenvalue weighted by Crippen LogP contribution is 2.08. The number of carbonyl (C=O) groups is 1. The molecule has 0 aromatic carbocycles. The largest absolute Gasteiger partial charge is 0.465 e. The van der Waals surface area contributed by atoms with Gasteiger partial charge in [0, 0.05) is 18.7 Å². The van der Waals surface area contributed by atoms with Crippen molar-refractivity contribution in [2.24, 2.45) is 0 Å². The van der Waals surface area contributed by atoms with Gasteiger partial charge in [0.25, 0.3) is 0 Å². The minimum Gasteiger partial charge on any atom is -0.465 e. The second kappa shape index (κ2) is 3.06. The predicted molar refractivity (Wildman–Crippen MR) is 37.9 cm³/mol. The van der Waals surface area contributed by atoms with Crippen LogP contribution < -0.4 is 0 Å². The first-order valence-electron chi connectivity index (χ1n) is 3.31. The number of hydrogen-bond donors (Lipinski definition) is 1. The maximum atomic E-state index is 10.4. The Labute approximate surface area is 64.3 Å². The van der Waals surface area contributed by atoms with Gasteiger partial charge in [-0.05, 0) is 6.42 Å². The fourth-order valence-electron chi connectivity index (χ4n) is 0.944. The first-order valence-corrected chi connectivity index (χ1v) is 3.31. The van der Waals surface area contributed by atoms with E-state index in [2.05, 4.69) is 0 Å². The fraction of sp³-hybridized carbons (Fsp3) is 0.429. The normalized spacial score (nSPS) is 17.0. The Morgan fingerprint density at radius 1 is 1.82 bits per heavy atom. The Morgan fingerprint density at radius 2 is 2.55 bits per heavy atom. The van der Waals surface area contributed by atoms with Crippen LogP contribution in [0.3, 0.4) is 0 Å². The molecular formula is C7H8N2O2. The van der Waals surface area contributed by atoms with Gasteiger partial charge in [-0.2, -0.15) is 5.26 Å². The van der Waals surface area contributed by atoms with E-state index in [1.54, 1.807) is 6.08 Å². The molecule has 0 saturated heterocycles. The van der Waals surface area contributed by atoms with Crippen molar-refractivity contribution in [3.05, 3.63) is 11.6 Å². The van der Waals surface area contributed by atoms with Crippen molar-refractivity contribution in [3.8, 4) is 6.07 Å². The zero-order valence-electron chi connectivity index (χ0n) is 5.95. The summed E-state index contributed by atoms with van der Waals surface area (Å²) < 4.78 is 0. The van der Waals surface area contributed by atoms with Crippen LogP contribution in [0.25, 0.3) is 0 Å². The van der Waals surface area contributed by atoms with Gasteiger partial charge in [0.15, 0.2) is 0 Å². The summed E-state index contributed by atoms with van der Waals surface area (Å²) in [4.78, 5) is 11.6. The molecule has 0 saturated carbocycles. The molecule has 0 unspecified atom stereocenters. The second-order valence-corrected chi connectivity index (χ2v) is 2.32. The predicted octanol–water partition coefficient (Wildman–Crippen LogP) is 0.820. The number of amides is 1. The quantitative estimate of drug-likeness (QED) is 0.558. The molecule has 1 aliphatic heterocycles. The zero-order chi connectivity index (χ0) is 8.27. The van der Waals surface area contributed by atoms with Crippen LogP contribution in [-0.4, -0.2) is 29.2 Å². The molecule has 1 amide bonds. The molecule has 4 heteroatoms. The average Bonchev–Trinajstić information content (AvgIpc) is 2.05. The van der Waals surface area contributed by atoms with E-state index < -0.39 is 6.09 Å². The van der Waals surface area contributed by atoms with Gasteiger partial charge in [0.05, 0.1) is 6.07 Å². The maximum absolute atomic E-state index is 10.4. The Bertz CT molecular complexity index is 239. The molecule has 1 aliphatic rings. The summed E-state index contributed by atoms with van der Waals surface area (Å²) in [5.74, 6) is 0. The van der Waals surface area contributed by atoms with Gasteiger partial charge in [-0.1, -0.05) is 6.08 Å². The van der Waals surface area contributed by atoms with Crippen LogP contribution in [0.15, 0.2) is 11.6 Å². The van der Waals surface area contributed by atoms with E-state index in [-0.39, 0.29) is 0 Å². The molecule has 0 atom stereocenters. The molecule has 0 bridgehead atoms. The van der Waals surface area contributed by atoms with Crippen LogP contribution in [-0.2, 0) is 0 Å². The highest BCUT2D eigenvalue weighted by molar-refractivity contribution is 5.65. The van der Waals surface area contributed by atoms with Crippen LogP contribution in [0.5, 0.6) is 0 Å². The summed E-state index contributed by atoms with van der Waals surface area (Å²) in [6.07, 6.45) is 1.28. The van der Waals surface area contributed by atoms with Crippen LogP contribution in [0, 0.1) is 11.3 Å².